The van der Waals surface area contributed by atoms with Crippen LogP contribution in [0.25, 0.3) is 0 Å². The van der Waals surface area contributed by atoms with Crippen LogP contribution in [0.4, 0.5) is 4.79 Å². The van der Waals surface area contributed by atoms with E-state index in [2.05, 4.69) is 16.0 Å². The van der Waals surface area contributed by atoms with E-state index in [0.717, 1.165) is 5.56 Å². The highest BCUT2D eigenvalue weighted by Crippen LogP contribution is 2.02. The maximum atomic E-state index is 11.9. The predicted octanol–water partition coefficient (Wildman–Crippen LogP) is 0.254. The first kappa shape index (κ1) is 20.9. The van der Waals surface area contributed by atoms with E-state index in [0.29, 0.717) is 0 Å². The minimum atomic E-state index is -1.19. The van der Waals surface area contributed by atoms with Gasteiger partial charge in [0, 0.05) is 0 Å². The molecule has 0 aromatic heterocycles. The molecule has 0 aliphatic rings. The van der Waals surface area contributed by atoms with Crippen molar-refractivity contribution in [3.63, 3.8) is 0 Å². The number of nitrogens with one attached hydrogen (secondary N) is 3. The van der Waals surface area contributed by atoms with Crippen LogP contribution in [-0.4, -0.2) is 48.1 Å². The van der Waals surface area contributed by atoms with Gasteiger partial charge in [-0.1, -0.05) is 44.2 Å². The van der Waals surface area contributed by atoms with Crippen molar-refractivity contribution in [2.75, 3.05) is 13.1 Å². The Labute approximate surface area is 151 Å². The maximum Gasteiger partial charge on any atom is 0.407 e. The number of benzene rings is 1. The molecule has 0 aliphatic heterocycles. The van der Waals surface area contributed by atoms with Crippen molar-refractivity contribution in [1.29, 1.82) is 0 Å². The van der Waals surface area contributed by atoms with Crippen molar-refractivity contribution in [2.24, 2.45) is 5.92 Å². The van der Waals surface area contributed by atoms with Gasteiger partial charge in [0.2, 0.25) is 11.8 Å². The van der Waals surface area contributed by atoms with Crippen LogP contribution in [0, 0.1) is 5.92 Å². The first-order valence-corrected chi connectivity index (χ1v) is 8.03. The Kier molecular flexibility index (Phi) is 8.62. The Hall–Kier alpha value is -3.10. The number of carboxylic acids is 1. The number of hydrogen-bond donors (Lipinski definition) is 4. The van der Waals surface area contributed by atoms with Crippen LogP contribution in [-0.2, 0) is 25.7 Å². The second kappa shape index (κ2) is 10.7. The summed E-state index contributed by atoms with van der Waals surface area (Å²) in [6, 6.07) is 8.14. The van der Waals surface area contributed by atoms with Gasteiger partial charge in [-0.3, -0.25) is 14.4 Å². The first-order chi connectivity index (χ1) is 12.3. The van der Waals surface area contributed by atoms with Crippen LogP contribution in [0.1, 0.15) is 19.4 Å². The third-order valence-corrected chi connectivity index (χ3v) is 3.29. The molecule has 0 fully saturated rings. The van der Waals surface area contributed by atoms with E-state index in [-0.39, 0.29) is 19.1 Å². The number of amides is 3. The number of hydrogen-bond acceptors (Lipinski definition) is 5. The Bertz CT molecular complexity index is 633. The average molecular weight is 365 g/mol. The lowest BCUT2D eigenvalue weighted by molar-refractivity contribution is -0.138. The van der Waals surface area contributed by atoms with Crippen molar-refractivity contribution >= 4 is 23.9 Å². The summed E-state index contributed by atoms with van der Waals surface area (Å²) in [5, 5.41) is 15.5. The summed E-state index contributed by atoms with van der Waals surface area (Å²) in [5.41, 5.74) is 0.807. The number of carbonyl (C=O) groups is 4. The van der Waals surface area contributed by atoms with Gasteiger partial charge in [-0.15, -0.1) is 0 Å². The molecule has 0 spiro atoms. The molecule has 1 atom stereocenters. The lowest BCUT2D eigenvalue weighted by Gasteiger charge is -2.21. The second-order valence-corrected chi connectivity index (χ2v) is 5.82. The van der Waals surface area contributed by atoms with Gasteiger partial charge in [-0.05, 0) is 11.5 Å². The summed E-state index contributed by atoms with van der Waals surface area (Å²) in [4.78, 5) is 45.9. The SMILES string of the molecule is CC(C)[C@H](NC(=O)CNC(=O)OCc1ccccc1)C(=O)NCC(=O)O. The van der Waals surface area contributed by atoms with Gasteiger partial charge in [0.05, 0.1) is 0 Å². The van der Waals surface area contributed by atoms with Crippen LogP contribution in [0.2, 0.25) is 0 Å². The average Bonchev–Trinajstić information content (AvgIpc) is 2.61. The fraction of sp³-hybridized carbons (Fsp3) is 0.412. The molecule has 1 aromatic rings. The van der Waals surface area contributed by atoms with Gasteiger partial charge in [-0.2, -0.15) is 0 Å². The zero-order chi connectivity index (χ0) is 19.5. The van der Waals surface area contributed by atoms with Crippen LogP contribution >= 0.6 is 0 Å². The van der Waals surface area contributed by atoms with E-state index in [1.807, 2.05) is 18.2 Å². The quantitative estimate of drug-likeness (QED) is 0.496. The Balaban J connectivity index is 2.39. The molecule has 0 heterocycles. The van der Waals surface area contributed by atoms with Crippen LogP contribution in [0.3, 0.4) is 0 Å². The topological polar surface area (TPSA) is 134 Å². The normalized spacial score (nSPS) is 11.3. The van der Waals surface area contributed by atoms with Crippen molar-refractivity contribution in [1.82, 2.24) is 16.0 Å². The molecule has 0 saturated heterocycles. The molecule has 0 aliphatic carbocycles. The van der Waals surface area contributed by atoms with Gasteiger partial charge in [0.15, 0.2) is 0 Å². The third kappa shape index (κ3) is 8.13. The largest absolute Gasteiger partial charge is 0.480 e. The number of carboxylic acid groups (broad SMARTS) is 1. The first-order valence-electron chi connectivity index (χ1n) is 8.03. The third-order valence-electron chi connectivity index (χ3n) is 3.29. The molecule has 9 heteroatoms. The smallest absolute Gasteiger partial charge is 0.407 e. The highest BCUT2D eigenvalue weighted by Gasteiger charge is 2.24. The predicted molar refractivity (Wildman–Crippen MR) is 92.0 cm³/mol. The summed E-state index contributed by atoms with van der Waals surface area (Å²) in [6.07, 6.45) is -0.763. The van der Waals surface area contributed by atoms with E-state index >= 15 is 0 Å². The number of aliphatic carboxylic acids is 1. The molecule has 3 amide bonds. The molecule has 1 rings (SSSR count). The molecule has 9 nitrogen and oxygen atoms in total. The zero-order valence-electron chi connectivity index (χ0n) is 14.7. The highest BCUT2D eigenvalue weighted by atomic mass is 16.5. The monoisotopic (exact) mass is 365 g/mol. The van der Waals surface area contributed by atoms with Crippen molar-refractivity contribution in [2.45, 2.75) is 26.5 Å². The Morgan fingerprint density at radius 1 is 1.04 bits per heavy atom. The Morgan fingerprint density at radius 3 is 2.27 bits per heavy atom. The van der Waals surface area contributed by atoms with E-state index in [1.165, 1.54) is 0 Å². The summed E-state index contributed by atoms with van der Waals surface area (Å²) in [6.45, 7) is 2.56. The van der Waals surface area contributed by atoms with Crippen molar-refractivity contribution in [3.8, 4) is 0 Å². The van der Waals surface area contributed by atoms with Crippen molar-refractivity contribution in [3.05, 3.63) is 35.9 Å². The minimum absolute atomic E-state index is 0.0699. The lowest BCUT2D eigenvalue weighted by Crippen LogP contribution is -2.52. The van der Waals surface area contributed by atoms with E-state index in [1.54, 1.807) is 26.0 Å². The highest BCUT2D eigenvalue weighted by molar-refractivity contribution is 5.90. The molecule has 0 saturated carbocycles. The number of alkyl carbamates (subject to hydrolysis) is 1. The molecular formula is C17H23N3O6. The summed E-state index contributed by atoms with van der Waals surface area (Å²) >= 11 is 0. The summed E-state index contributed by atoms with van der Waals surface area (Å²) < 4.78 is 4.97. The molecule has 1 aromatic carbocycles. The van der Waals surface area contributed by atoms with Crippen LogP contribution in [0.5, 0.6) is 0 Å². The molecular weight excluding hydrogens is 342 g/mol. The Morgan fingerprint density at radius 2 is 1.69 bits per heavy atom. The van der Waals surface area contributed by atoms with E-state index in [4.69, 9.17) is 9.84 Å². The van der Waals surface area contributed by atoms with Gasteiger partial charge in [0.1, 0.15) is 25.7 Å². The van der Waals surface area contributed by atoms with Crippen LogP contribution in [0.15, 0.2) is 30.3 Å². The maximum absolute atomic E-state index is 11.9. The molecule has 0 bridgehead atoms. The lowest BCUT2D eigenvalue weighted by atomic mass is 10.0. The number of ether oxygens (including phenoxy) is 1. The fourth-order valence-electron chi connectivity index (χ4n) is 1.96. The molecule has 4 N–H and O–H groups in total. The molecule has 0 radical (unpaired) electrons. The van der Waals surface area contributed by atoms with Gasteiger partial charge < -0.3 is 25.8 Å². The molecule has 142 valence electrons. The number of carbonyl (C=O) groups excluding carboxylic acids is 3. The number of rotatable bonds is 9. The second-order valence-electron chi connectivity index (χ2n) is 5.82. The van der Waals surface area contributed by atoms with Gasteiger partial charge in [0.25, 0.3) is 0 Å². The van der Waals surface area contributed by atoms with E-state index < -0.39 is 36.5 Å². The summed E-state index contributed by atoms with van der Waals surface area (Å²) in [5.74, 6) is -2.65. The minimum Gasteiger partial charge on any atom is -0.480 e. The molecule has 0 unspecified atom stereocenters. The standard InChI is InChI=1S/C17H23N3O6/c1-11(2)15(16(24)18-9-14(22)23)20-13(21)8-19-17(25)26-10-12-6-4-3-5-7-12/h3-7,11,15H,8-10H2,1-2H3,(H,18,24)(H,19,25)(H,20,21)(H,22,23)/t15-/m0/s1. The molecule has 26 heavy (non-hydrogen) atoms. The van der Waals surface area contributed by atoms with E-state index in [9.17, 15) is 19.2 Å². The van der Waals surface area contributed by atoms with Crippen LogP contribution < -0.4 is 16.0 Å². The summed E-state index contributed by atoms with van der Waals surface area (Å²) in [7, 11) is 0. The van der Waals surface area contributed by atoms with Gasteiger partial charge >= 0.3 is 12.1 Å². The zero-order valence-corrected chi connectivity index (χ0v) is 14.7. The van der Waals surface area contributed by atoms with Gasteiger partial charge in [-0.25, -0.2) is 4.79 Å². The van der Waals surface area contributed by atoms with Crippen molar-refractivity contribution < 1.29 is 29.0 Å². The fourth-order valence-corrected chi connectivity index (χ4v) is 1.96.